The zero-order valence-corrected chi connectivity index (χ0v) is 9.28. The van der Waals surface area contributed by atoms with Crippen molar-refractivity contribution in [1.29, 1.82) is 0 Å². The van der Waals surface area contributed by atoms with E-state index in [-0.39, 0.29) is 0 Å². The Kier molecular flexibility index (Phi) is 2.34. The predicted molar refractivity (Wildman–Crippen MR) is 54.9 cm³/mol. The van der Waals surface area contributed by atoms with Crippen LogP contribution in [0.2, 0.25) is 0 Å². The molecular formula is C8H12IN3. The molecule has 0 aliphatic heterocycles. The van der Waals surface area contributed by atoms with Gasteiger partial charge in [-0.2, -0.15) is 0 Å². The SMILES string of the molecule is Cn1nc(I)nc1C1CCCC1. The molecule has 0 saturated heterocycles. The normalized spacial score (nSPS) is 18.8. The second-order valence-corrected chi connectivity index (χ2v) is 4.31. The van der Waals surface area contributed by atoms with Gasteiger partial charge in [0, 0.05) is 35.6 Å². The summed E-state index contributed by atoms with van der Waals surface area (Å²) in [7, 11) is 1.99. The third kappa shape index (κ3) is 1.48. The maximum absolute atomic E-state index is 4.43. The Morgan fingerprint density at radius 1 is 1.42 bits per heavy atom. The van der Waals surface area contributed by atoms with E-state index in [0.717, 1.165) is 3.83 Å². The van der Waals surface area contributed by atoms with E-state index in [4.69, 9.17) is 0 Å². The van der Waals surface area contributed by atoms with E-state index < -0.39 is 0 Å². The number of aryl methyl sites for hydroxylation is 1. The van der Waals surface area contributed by atoms with Gasteiger partial charge in [0.05, 0.1) is 0 Å². The molecule has 0 N–H and O–H groups in total. The molecule has 0 amide bonds. The summed E-state index contributed by atoms with van der Waals surface area (Å²) in [5.41, 5.74) is 0. The van der Waals surface area contributed by atoms with Gasteiger partial charge >= 0.3 is 0 Å². The quantitative estimate of drug-likeness (QED) is 0.736. The first-order valence-electron chi connectivity index (χ1n) is 4.34. The molecule has 0 unspecified atom stereocenters. The van der Waals surface area contributed by atoms with Gasteiger partial charge in [0.25, 0.3) is 0 Å². The van der Waals surface area contributed by atoms with E-state index >= 15 is 0 Å². The van der Waals surface area contributed by atoms with Crippen LogP contribution in [0, 0.1) is 3.83 Å². The van der Waals surface area contributed by atoms with Crippen LogP contribution in [0.1, 0.15) is 37.4 Å². The zero-order chi connectivity index (χ0) is 8.55. The first kappa shape index (κ1) is 8.47. The fourth-order valence-electron chi connectivity index (χ4n) is 1.90. The number of rotatable bonds is 1. The van der Waals surface area contributed by atoms with E-state index in [1.165, 1.54) is 31.5 Å². The van der Waals surface area contributed by atoms with E-state index in [2.05, 4.69) is 32.7 Å². The highest BCUT2D eigenvalue weighted by Gasteiger charge is 2.21. The first-order valence-corrected chi connectivity index (χ1v) is 5.41. The molecular weight excluding hydrogens is 265 g/mol. The molecule has 0 spiro atoms. The summed E-state index contributed by atoms with van der Waals surface area (Å²) in [6, 6.07) is 0. The maximum Gasteiger partial charge on any atom is 0.211 e. The summed E-state index contributed by atoms with van der Waals surface area (Å²) in [5.74, 6) is 1.85. The van der Waals surface area contributed by atoms with Crippen molar-refractivity contribution in [1.82, 2.24) is 14.8 Å². The third-order valence-electron chi connectivity index (χ3n) is 2.49. The summed E-state index contributed by atoms with van der Waals surface area (Å²) in [4.78, 5) is 4.43. The van der Waals surface area contributed by atoms with Crippen LogP contribution in [-0.2, 0) is 7.05 Å². The molecule has 12 heavy (non-hydrogen) atoms. The summed E-state index contributed by atoms with van der Waals surface area (Å²) < 4.78 is 2.80. The lowest BCUT2D eigenvalue weighted by Crippen LogP contribution is -2.03. The minimum absolute atomic E-state index is 0.672. The Morgan fingerprint density at radius 2 is 2.08 bits per heavy atom. The van der Waals surface area contributed by atoms with Crippen LogP contribution in [0.3, 0.4) is 0 Å². The van der Waals surface area contributed by atoms with E-state index in [9.17, 15) is 0 Å². The summed E-state index contributed by atoms with van der Waals surface area (Å²) >= 11 is 2.17. The molecule has 0 radical (unpaired) electrons. The number of halogens is 1. The Hall–Kier alpha value is -0.130. The highest BCUT2D eigenvalue weighted by atomic mass is 127. The smallest absolute Gasteiger partial charge is 0.211 e. The Bertz CT molecular complexity index is 276. The number of aromatic nitrogens is 3. The van der Waals surface area contributed by atoms with Gasteiger partial charge in [-0.25, -0.2) is 4.98 Å². The molecule has 1 fully saturated rings. The Labute approximate surface area is 85.7 Å². The topological polar surface area (TPSA) is 30.7 Å². The van der Waals surface area contributed by atoms with Crippen LogP contribution < -0.4 is 0 Å². The van der Waals surface area contributed by atoms with Gasteiger partial charge < -0.3 is 0 Å². The van der Waals surface area contributed by atoms with E-state index in [1.54, 1.807) is 0 Å². The van der Waals surface area contributed by atoms with Crippen molar-refractivity contribution in [3.63, 3.8) is 0 Å². The zero-order valence-electron chi connectivity index (χ0n) is 7.13. The largest absolute Gasteiger partial charge is 0.252 e. The van der Waals surface area contributed by atoms with Gasteiger partial charge in [-0.1, -0.05) is 12.8 Å². The Morgan fingerprint density at radius 3 is 2.58 bits per heavy atom. The lowest BCUT2D eigenvalue weighted by molar-refractivity contribution is 0.601. The summed E-state index contributed by atoms with van der Waals surface area (Å²) in [6.45, 7) is 0. The van der Waals surface area contributed by atoms with Crippen molar-refractivity contribution in [2.45, 2.75) is 31.6 Å². The van der Waals surface area contributed by atoms with E-state index in [0.29, 0.717) is 5.92 Å². The number of nitrogens with zero attached hydrogens (tertiary/aromatic N) is 3. The van der Waals surface area contributed by atoms with Crippen molar-refractivity contribution >= 4 is 22.6 Å². The van der Waals surface area contributed by atoms with Crippen molar-refractivity contribution in [3.05, 3.63) is 9.66 Å². The molecule has 1 aliphatic rings. The maximum atomic E-state index is 4.43. The average Bonchev–Trinajstić information content (AvgIpc) is 2.58. The summed E-state index contributed by atoms with van der Waals surface area (Å²) in [6.07, 6.45) is 5.30. The standard InChI is InChI=1S/C8H12IN3/c1-12-7(10-8(9)11-12)6-4-2-3-5-6/h6H,2-5H2,1H3. The lowest BCUT2D eigenvalue weighted by Gasteiger charge is -2.05. The van der Waals surface area contributed by atoms with Crippen molar-refractivity contribution in [3.8, 4) is 0 Å². The van der Waals surface area contributed by atoms with Crippen LogP contribution in [0.25, 0.3) is 0 Å². The van der Waals surface area contributed by atoms with Gasteiger partial charge in [0.1, 0.15) is 5.82 Å². The number of hydrogen-bond donors (Lipinski definition) is 0. The van der Waals surface area contributed by atoms with Crippen LogP contribution in [0.4, 0.5) is 0 Å². The highest BCUT2D eigenvalue weighted by molar-refractivity contribution is 14.1. The molecule has 0 atom stereocenters. The molecule has 0 bridgehead atoms. The molecule has 1 saturated carbocycles. The minimum Gasteiger partial charge on any atom is -0.252 e. The molecule has 0 aromatic carbocycles. The minimum atomic E-state index is 0.672. The van der Waals surface area contributed by atoms with E-state index in [1.807, 2.05) is 11.7 Å². The second-order valence-electron chi connectivity index (χ2n) is 3.34. The number of hydrogen-bond acceptors (Lipinski definition) is 2. The third-order valence-corrected chi connectivity index (χ3v) is 2.95. The van der Waals surface area contributed by atoms with Crippen molar-refractivity contribution in [2.75, 3.05) is 0 Å². The van der Waals surface area contributed by atoms with Gasteiger partial charge in [-0.05, 0) is 12.8 Å². The van der Waals surface area contributed by atoms with Crippen LogP contribution in [0.5, 0.6) is 0 Å². The lowest BCUT2D eigenvalue weighted by atomic mass is 10.1. The van der Waals surface area contributed by atoms with Gasteiger partial charge in [-0.3, -0.25) is 4.68 Å². The summed E-state index contributed by atoms with van der Waals surface area (Å²) in [5, 5.41) is 4.25. The molecule has 4 heteroatoms. The first-order chi connectivity index (χ1) is 5.77. The van der Waals surface area contributed by atoms with Crippen LogP contribution in [0.15, 0.2) is 0 Å². The predicted octanol–water partition coefficient (Wildman–Crippen LogP) is 2.08. The molecule has 1 aromatic rings. The van der Waals surface area contributed by atoms with Gasteiger partial charge in [0.2, 0.25) is 3.83 Å². The molecule has 3 nitrogen and oxygen atoms in total. The monoisotopic (exact) mass is 277 g/mol. The van der Waals surface area contributed by atoms with Crippen molar-refractivity contribution < 1.29 is 0 Å². The fraction of sp³-hybridized carbons (Fsp3) is 0.750. The van der Waals surface area contributed by atoms with Gasteiger partial charge in [0.15, 0.2) is 0 Å². The Balaban J connectivity index is 2.25. The van der Waals surface area contributed by atoms with Crippen molar-refractivity contribution in [2.24, 2.45) is 7.05 Å². The molecule has 1 heterocycles. The second kappa shape index (κ2) is 3.32. The van der Waals surface area contributed by atoms with Gasteiger partial charge in [-0.15, -0.1) is 5.10 Å². The van der Waals surface area contributed by atoms with Crippen LogP contribution in [-0.4, -0.2) is 14.8 Å². The van der Waals surface area contributed by atoms with Crippen LogP contribution >= 0.6 is 22.6 Å². The molecule has 2 rings (SSSR count). The fourth-order valence-corrected chi connectivity index (χ4v) is 2.47. The highest BCUT2D eigenvalue weighted by Crippen LogP contribution is 2.32. The molecule has 1 aromatic heterocycles. The molecule has 1 aliphatic carbocycles. The molecule has 66 valence electrons. The average molecular weight is 277 g/mol.